The van der Waals surface area contributed by atoms with Crippen LogP contribution in [-0.2, 0) is 0 Å². The number of nitrogens with zero attached hydrogens (tertiary/aromatic N) is 5. The maximum absolute atomic E-state index is 4.62. The summed E-state index contributed by atoms with van der Waals surface area (Å²) in [5.41, 5.74) is 2.08. The monoisotopic (exact) mass is 291 g/mol. The Hall–Kier alpha value is -1.30. The summed E-state index contributed by atoms with van der Waals surface area (Å²) in [6.45, 7) is 11.2. The molecule has 0 saturated carbocycles. The second kappa shape index (κ2) is 5.60. The summed E-state index contributed by atoms with van der Waals surface area (Å²) in [5.74, 6) is 0.872. The van der Waals surface area contributed by atoms with Gasteiger partial charge in [0.2, 0.25) is 5.95 Å². The highest BCUT2D eigenvalue weighted by Crippen LogP contribution is 2.24. The molecular weight excluding hydrogens is 270 g/mol. The lowest BCUT2D eigenvalue weighted by atomic mass is 10.3. The highest BCUT2D eigenvalue weighted by molar-refractivity contribution is 8.14. The summed E-state index contributed by atoms with van der Waals surface area (Å²) in [5, 5.41) is 1.85. The molecule has 0 amide bonds. The second-order valence-corrected chi connectivity index (χ2v) is 6.88. The van der Waals surface area contributed by atoms with Gasteiger partial charge in [-0.2, -0.15) is 0 Å². The lowest BCUT2D eigenvalue weighted by Gasteiger charge is -2.35. The third-order valence-electron chi connectivity index (χ3n) is 3.59. The Balaban J connectivity index is 1.63. The fourth-order valence-corrected chi connectivity index (χ4v) is 3.57. The van der Waals surface area contributed by atoms with E-state index in [-0.39, 0.29) is 0 Å². The van der Waals surface area contributed by atoms with Crippen molar-refractivity contribution < 1.29 is 0 Å². The van der Waals surface area contributed by atoms with Crippen molar-refractivity contribution in [2.24, 2.45) is 4.99 Å². The molecule has 2 aliphatic rings. The quantitative estimate of drug-likeness (QED) is 0.788. The van der Waals surface area contributed by atoms with Crippen molar-refractivity contribution in [1.82, 2.24) is 14.9 Å². The van der Waals surface area contributed by atoms with Gasteiger partial charge in [0.1, 0.15) is 0 Å². The second-order valence-electron chi connectivity index (χ2n) is 5.48. The number of piperazine rings is 1. The van der Waals surface area contributed by atoms with Crippen molar-refractivity contribution in [3.8, 4) is 0 Å². The number of aliphatic imine (C=N–C) groups is 1. The van der Waals surface area contributed by atoms with Crippen molar-refractivity contribution in [3.05, 3.63) is 17.5 Å². The first-order valence-electron chi connectivity index (χ1n) is 7.15. The number of hydrogen-bond donors (Lipinski definition) is 0. The predicted octanol–water partition coefficient (Wildman–Crippen LogP) is 1.71. The minimum atomic E-state index is 0.630. The lowest BCUT2D eigenvalue weighted by molar-refractivity contribution is 0.389. The van der Waals surface area contributed by atoms with Crippen LogP contribution in [0.1, 0.15) is 18.3 Å². The van der Waals surface area contributed by atoms with E-state index in [2.05, 4.69) is 31.7 Å². The van der Waals surface area contributed by atoms with Crippen LogP contribution in [0.5, 0.6) is 0 Å². The van der Waals surface area contributed by atoms with Crippen molar-refractivity contribution in [2.75, 3.05) is 37.6 Å². The molecule has 0 aromatic carbocycles. The number of amidine groups is 1. The average molecular weight is 291 g/mol. The fourth-order valence-electron chi connectivity index (χ4n) is 2.58. The highest BCUT2D eigenvalue weighted by Gasteiger charge is 2.25. The summed E-state index contributed by atoms with van der Waals surface area (Å²) in [7, 11) is 0. The van der Waals surface area contributed by atoms with Gasteiger partial charge in [0.25, 0.3) is 0 Å². The number of rotatable bonds is 1. The first kappa shape index (κ1) is 13.7. The molecule has 3 heterocycles. The SMILES string of the molecule is Cc1cc(C)nc(N2CCN(C3=NC[C@@H](C)S3)CC2)n1. The van der Waals surface area contributed by atoms with E-state index in [4.69, 9.17) is 0 Å². The highest BCUT2D eigenvalue weighted by atomic mass is 32.2. The van der Waals surface area contributed by atoms with E-state index in [9.17, 15) is 0 Å². The molecule has 1 atom stereocenters. The summed E-state index contributed by atoms with van der Waals surface area (Å²) < 4.78 is 0. The third kappa shape index (κ3) is 2.90. The normalized spacial score (nSPS) is 23.1. The van der Waals surface area contributed by atoms with E-state index in [1.165, 1.54) is 5.17 Å². The Bertz CT molecular complexity index is 502. The fraction of sp³-hybridized carbons (Fsp3) is 0.643. The summed E-state index contributed by atoms with van der Waals surface area (Å²) in [6, 6.07) is 2.02. The van der Waals surface area contributed by atoms with Gasteiger partial charge in [-0.05, 0) is 19.9 Å². The van der Waals surface area contributed by atoms with Crippen LogP contribution in [0, 0.1) is 13.8 Å². The molecule has 1 saturated heterocycles. The van der Waals surface area contributed by atoms with E-state index in [0.29, 0.717) is 5.25 Å². The molecule has 1 aromatic rings. The number of aryl methyl sites for hydroxylation is 2. The molecule has 0 aliphatic carbocycles. The predicted molar refractivity (Wildman–Crippen MR) is 84.6 cm³/mol. The lowest BCUT2D eigenvalue weighted by Crippen LogP contribution is -2.48. The van der Waals surface area contributed by atoms with Crippen LogP contribution in [0.4, 0.5) is 5.95 Å². The Morgan fingerprint density at radius 2 is 1.65 bits per heavy atom. The largest absolute Gasteiger partial charge is 0.348 e. The van der Waals surface area contributed by atoms with Gasteiger partial charge >= 0.3 is 0 Å². The summed E-state index contributed by atoms with van der Waals surface area (Å²) in [4.78, 5) is 18.4. The van der Waals surface area contributed by atoms with Crippen LogP contribution in [0.3, 0.4) is 0 Å². The first-order valence-corrected chi connectivity index (χ1v) is 8.03. The van der Waals surface area contributed by atoms with Crippen molar-refractivity contribution >= 4 is 22.9 Å². The first-order chi connectivity index (χ1) is 9.61. The van der Waals surface area contributed by atoms with Gasteiger partial charge in [0.15, 0.2) is 5.17 Å². The van der Waals surface area contributed by atoms with Gasteiger partial charge in [0.05, 0.1) is 6.54 Å². The Morgan fingerprint density at radius 3 is 2.20 bits per heavy atom. The molecule has 6 heteroatoms. The van der Waals surface area contributed by atoms with Gasteiger partial charge < -0.3 is 9.80 Å². The van der Waals surface area contributed by atoms with Crippen molar-refractivity contribution in [3.63, 3.8) is 0 Å². The number of hydrogen-bond acceptors (Lipinski definition) is 6. The zero-order valence-corrected chi connectivity index (χ0v) is 13.2. The minimum Gasteiger partial charge on any atom is -0.348 e. The molecular formula is C14H21N5S. The van der Waals surface area contributed by atoms with Crippen LogP contribution in [0.15, 0.2) is 11.1 Å². The molecule has 0 N–H and O–H groups in total. The maximum Gasteiger partial charge on any atom is 0.225 e. The minimum absolute atomic E-state index is 0.630. The van der Waals surface area contributed by atoms with Crippen LogP contribution in [-0.4, -0.2) is 58.0 Å². The van der Waals surface area contributed by atoms with Gasteiger partial charge in [-0.25, -0.2) is 9.97 Å². The molecule has 0 spiro atoms. The van der Waals surface area contributed by atoms with Gasteiger partial charge in [-0.15, -0.1) is 0 Å². The molecule has 0 unspecified atom stereocenters. The van der Waals surface area contributed by atoms with Crippen molar-refractivity contribution in [1.29, 1.82) is 0 Å². The van der Waals surface area contributed by atoms with Crippen LogP contribution in [0.25, 0.3) is 0 Å². The van der Waals surface area contributed by atoms with Crippen molar-refractivity contribution in [2.45, 2.75) is 26.0 Å². The van der Waals surface area contributed by atoms with Gasteiger partial charge in [-0.3, -0.25) is 4.99 Å². The maximum atomic E-state index is 4.62. The molecule has 0 bridgehead atoms. The van der Waals surface area contributed by atoms with E-state index < -0.39 is 0 Å². The molecule has 2 aliphatic heterocycles. The van der Waals surface area contributed by atoms with E-state index in [1.807, 2.05) is 31.7 Å². The molecule has 3 rings (SSSR count). The third-order valence-corrected chi connectivity index (χ3v) is 4.74. The van der Waals surface area contributed by atoms with Crippen LogP contribution < -0.4 is 4.90 Å². The number of thioether (sulfide) groups is 1. The number of anilines is 1. The van der Waals surface area contributed by atoms with Gasteiger partial charge in [-0.1, -0.05) is 18.7 Å². The molecule has 1 fully saturated rings. The average Bonchev–Trinajstić information content (AvgIpc) is 2.84. The zero-order chi connectivity index (χ0) is 14.1. The van der Waals surface area contributed by atoms with E-state index in [0.717, 1.165) is 50.1 Å². The summed E-state index contributed by atoms with van der Waals surface area (Å²) in [6.07, 6.45) is 0. The Labute approximate surface area is 124 Å². The zero-order valence-electron chi connectivity index (χ0n) is 12.3. The topological polar surface area (TPSA) is 44.6 Å². The van der Waals surface area contributed by atoms with E-state index >= 15 is 0 Å². The standard InChI is InChI=1S/C14H21N5S/c1-10-8-11(2)17-13(16-10)18-4-6-19(7-5-18)14-15-9-12(3)20-14/h8,12H,4-7,9H2,1-3H3/t12-/m1/s1. The Morgan fingerprint density at radius 1 is 1.05 bits per heavy atom. The Kier molecular flexibility index (Phi) is 3.83. The molecule has 20 heavy (non-hydrogen) atoms. The van der Waals surface area contributed by atoms with Crippen LogP contribution in [0.2, 0.25) is 0 Å². The smallest absolute Gasteiger partial charge is 0.225 e. The molecule has 0 radical (unpaired) electrons. The van der Waals surface area contributed by atoms with E-state index in [1.54, 1.807) is 0 Å². The summed E-state index contributed by atoms with van der Waals surface area (Å²) >= 11 is 1.90. The number of aromatic nitrogens is 2. The molecule has 5 nitrogen and oxygen atoms in total. The van der Waals surface area contributed by atoms with Crippen LogP contribution >= 0.6 is 11.8 Å². The van der Waals surface area contributed by atoms with Gasteiger partial charge in [0, 0.05) is 42.8 Å². The molecule has 1 aromatic heterocycles. The molecule has 108 valence electrons.